The summed E-state index contributed by atoms with van der Waals surface area (Å²) >= 11 is 0. The van der Waals surface area contributed by atoms with Crippen LogP contribution in [0.1, 0.15) is 18.9 Å². The molecule has 0 amide bonds. The topological polar surface area (TPSA) is 73.0 Å². The number of hydrogen-bond acceptors (Lipinski definition) is 6. The molecule has 8 heteroatoms. The van der Waals surface area contributed by atoms with Gasteiger partial charge in [0.1, 0.15) is 5.69 Å². The first-order valence-corrected chi connectivity index (χ1v) is 8.84. The molecule has 1 N–H and O–H groups in total. The van der Waals surface area contributed by atoms with Crippen molar-refractivity contribution in [1.82, 2.24) is 34.8 Å². The maximum absolute atomic E-state index is 5.40. The molecule has 2 aliphatic rings. The Morgan fingerprint density at radius 2 is 2.00 bits per heavy atom. The van der Waals surface area contributed by atoms with E-state index in [1.807, 2.05) is 23.3 Å². The zero-order chi connectivity index (χ0) is 16.2. The van der Waals surface area contributed by atoms with Gasteiger partial charge in [0.25, 0.3) is 0 Å². The molecule has 0 bridgehead atoms. The molecule has 2 saturated heterocycles. The van der Waals surface area contributed by atoms with Gasteiger partial charge in [0, 0.05) is 38.6 Å². The fourth-order valence-electron chi connectivity index (χ4n) is 3.43. The summed E-state index contributed by atoms with van der Waals surface area (Å²) in [7, 11) is 0. The van der Waals surface area contributed by atoms with Crippen LogP contribution in [0.2, 0.25) is 0 Å². The first-order valence-electron chi connectivity index (χ1n) is 8.84. The predicted molar refractivity (Wildman–Crippen MR) is 89.6 cm³/mol. The molecule has 0 unspecified atom stereocenters. The molecule has 0 atom stereocenters. The van der Waals surface area contributed by atoms with Crippen LogP contribution < -0.4 is 5.32 Å². The highest BCUT2D eigenvalue weighted by Gasteiger charge is 2.18. The van der Waals surface area contributed by atoms with Crippen LogP contribution in [0.3, 0.4) is 0 Å². The van der Waals surface area contributed by atoms with E-state index in [9.17, 15) is 0 Å². The second-order valence-corrected chi connectivity index (χ2v) is 6.46. The average Bonchev–Trinajstić information content (AvgIpc) is 3.31. The quantitative estimate of drug-likeness (QED) is 0.855. The molecule has 2 aromatic rings. The third kappa shape index (κ3) is 3.50. The number of imidazole rings is 1. The third-order valence-electron chi connectivity index (χ3n) is 4.90. The molecule has 2 aliphatic heterocycles. The van der Waals surface area contributed by atoms with Gasteiger partial charge in [-0.2, -0.15) is 0 Å². The van der Waals surface area contributed by atoms with Gasteiger partial charge < -0.3 is 14.6 Å². The molecule has 0 aromatic carbocycles. The van der Waals surface area contributed by atoms with Crippen LogP contribution in [0.15, 0.2) is 18.6 Å². The van der Waals surface area contributed by atoms with Crippen LogP contribution in [0.4, 0.5) is 0 Å². The fourth-order valence-corrected chi connectivity index (χ4v) is 3.43. The van der Waals surface area contributed by atoms with Crippen LogP contribution in [-0.4, -0.2) is 75.4 Å². The van der Waals surface area contributed by atoms with Crippen molar-refractivity contribution in [3.8, 4) is 11.5 Å². The second kappa shape index (κ2) is 7.42. The predicted octanol–water partition coefficient (Wildman–Crippen LogP) is 0.398. The number of nitrogens with one attached hydrogen (secondary N) is 1. The zero-order valence-corrected chi connectivity index (χ0v) is 14.0. The molecular weight excluding hydrogens is 306 g/mol. The number of rotatable bonds is 5. The van der Waals surface area contributed by atoms with Crippen LogP contribution in [0.25, 0.3) is 11.5 Å². The minimum atomic E-state index is 0.448. The Balaban J connectivity index is 1.43. The highest BCUT2D eigenvalue weighted by atomic mass is 16.5. The summed E-state index contributed by atoms with van der Waals surface area (Å²) in [4.78, 5) is 6.93. The lowest BCUT2D eigenvalue weighted by atomic mass is 10.1. The first-order chi connectivity index (χ1) is 11.9. The lowest BCUT2D eigenvalue weighted by Gasteiger charge is -2.26. The van der Waals surface area contributed by atoms with Crippen molar-refractivity contribution in [2.45, 2.75) is 25.4 Å². The van der Waals surface area contributed by atoms with Gasteiger partial charge in [0.05, 0.1) is 25.5 Å². The number of ether oxygens (including phenoxy) is 1. The molecule has 130 valence electrons. The third-order valence-corrected chi connectivity index (χ3v) is 4.90. The Bertz CT molecular complexity index is 640. The number of nitrogens with zero attached hydrogens (tertiary/aromatic N) is 6. The highest BCUT2D eigenvalue weighted by molar-refractivity contribution is 5.47. The monoisotopic (exact) mass is 331 g/mol. The van der Waals surface area contributed by atoms with Crippen molar-refractivity contribution < 1.29 is 4.74 Å². The average molecular weight is 331 g/mol. The molecule has 2 aromatic heterocycles. The summed E-state index contributed by atoms with van der Waals surface area (Å²) < 4.78 is 9.59. The minimum absolute atomic E-state index is 0.448. The van der Waals surface area contributed by atoms with Crippen molar-refractivity contribution >= 4 is 0 Å². The van der Waals surface area contributed by atoms with Crippen LogP contribution in [0, 0.1) is 0 Å². The summed E-state index contributed by atoms with van der Waals surface area (Å²) in [5, 5.41) is 12.1. The van der Waals surface area contributed by atoms with Crippen LogP contribution in [-0.2, 0) is 11.3 Å². The molecule has 4 heterocycles. The van der Waals surface area contributed by atoms with E-state index in [0.29, 0.717) is 6.04 Å². The molecule has 0 radical (unpaired) electrons. The van der Waals surface area contributed by atoms with Crippen molar-refractivity contribution in [3.05, 3.63) is 18.6 Å². The summed E-state index contributed by atoms with van der Waals surface area (Å²) in [5.41, 5.74) is 0.862. The van der Waals surface area contributed by atoms with Crippen molar-refractivity contribution in [2.75, 3.05) is 45.9 Å². The molecule has 24 heavy (non-hydrogen) atoms. The van der Waals surface area contributed by atoms with Crippen LogP contribution >= 0.6 is 0 Å². The lowest BCUT2D eigenvalue weighted by molar-refractivity contribution is 0.0364. The van der Waals surface area contributed by atoms with E-state index in [0.717, 1.165) is 76.8 Å². The summed E-state index contributed by atoms with van der Waals surface area (Å²) in [5.74, 6) is 0.906. The Hall–Kier alpha value is -1.77. The summed E-state index contributed by atoms with van der Waals surface area (Å²) in [6.45, 7) is 7.71. The van der Waals surface area contributed by atoms with E-state index >= 15 is 0 Å². The van der Waals surface area contributed by atoms with Gasteiger partial charge in [0.2, 0.25) is 0 Å². The molecular formula is C16H25N7O. The van der Waals surface area contributed by atoms with Gasteiger partial charge in [-0.3, -0.25) is 4.90 Å². The Kier molecular flexibility index (Phi) is 4.86. The number of piperidine rings is 1. The van der Waals surface area contributed by atoms with Gasteiger partial charge >= 0.3 is 0 Å². The number of aromatic nitrogens is 5. The molecule has 4 rings (SSSR count). The Morgan fingerprint density at radius 1 is 1.17 bits per heavy atom. The van der Waals surface area contributed by atoms with E-state index in [1.165, 1.54) is 0 Å². The number of morpholine rings is 1. The van der Waals surface area contributed by atoms with Gasteiger partial charge in [-0.15, -0.1) is 5.10 Å². The molecule has 0 saturated carbocycles. The molecule has 2 fully saturated rings. The minimum Gasteiger partial charge on any atom is -0.379 e. The van der Waals surface area contributed by atoms with Gasteiger partial charge in [-0.25, -0.2) is 9.67 Å². The van der Waals surface area contributed by atoms with Crippen molar-refractivity contribution in [1.29, 1.82) is 0 Å². The summed E-state index contributed by atoms with van der Waals surface area (Å²) in [6, 6.07) is 0.448. The van der Waals surface area contributed by atoms with E-state index in [2.05, 4.69) is 30.1 Å². The fraction of sp³-hybridized carbons (Fsp3) is 0.688. The van der Waals surface area contributed by atoms with E-state index in [-0.39, 0.29) is 0 Å². The summed E-state index contributed by atoms with van der Waals surface area (Å²) in [6.07, 6.45) is 8.13. The maximum Gasteiger partial charge on any atom is 0.162 e. The Morgan fingerprint density at radius 3 is 2.83 bits per heavy atom. The molecule has 8 nitrogen and oxygen atoms in total. The lowest BCUT2D eigenvalue weighted by Crippen LogP contribution is -2.38. The first kappa shape index (κ1) is 15.7. The maximum atomic E-state index is 5.40. The van der Waals surface area contributed by atoms with Gasteiger partial charge in [0.15, 0.2) is 5.82 Å². The van der Waals surface area contributed by atoms with Gasteiger partial charge in [-0.1, -0.05) is 5.21 Å². The van der Waals surface area contributed by atoms with Crippen molar-refractivity contribution in [2.24, 2.45) is 0 Å². The van der Waals surface area contributed by atoms with Crippen molar-refractivity contribution in [3.63, 3.8) is 0 Å². The van der Waals surface area contributed by atoms with Crippen LogP contribution in [0.5, 0.6) is 0 Å². The molecule has 0 spiro atoms. The van der Waals surface area contributed by atoms with E-state index < -0.39 is 0 Å². The van der Waals surface area contributed by atoms with Gasteiger partial charge in [-0.05, 0) is 25.9 Å². The second-order valence-electron chi connectivity index (χ2n) is 6.46. The Labute approximate surface area is 141 Å². The molecule has 0 aliphatic carbocycles. The number of hydrogen-bond donors (Lipinski definition) is 1. The van der Waals surface area contributed by atoms with E-state index in [1.54, 1.807) is 0 Å². The van der Waals surface area contributed by atoms with E-state index in [4.69, 9.17) is 4.74 Å². The SMILES string of the molecule is c1cn(CCN2CCOCC2)c(-c2cn(C3CCNCC3)nn2)n1. The largest absolute Gasteiger partial charge is 0.379 e. The standard InChI is InChI=1S/C16H25N7O/c1-3-17-4-2-14(1)23-13-15(19-20-23)16-18-5-6-22(16)8-7-21-9-11-24-12-10-21/h5-6,13-14,17H,1-4,7-12H2. The smallest absolute Gasteiger partial charge is 0.162 e. The highest BCUT2D eigenvalue weighted by Crippen LogP contribution is 2.20. The normalized spacial score (nSPS) is 20.5. The zero-order valence-electron chi connectivity index (χ0n) is 14.0.